The average Bonchev–Trinajstić information content (AvgIpc) is 1.82. The van der Waals surface area contributed by atoms with Crippen LogP contribution in [0.4, 0.5) is 0 Å². The largest absolute Gasteiger partial charge is 1.00 e. The van der Waals surface area contributed by atoms with Crippen LogP contribution in [0.25, 0.3) is 0 Å². The van der Waals surface area contributed by atoms with Crippen molar-refractivity contribution in [1.82, 2.24) is 0 Å². The quantitative estimate of drug-likeness (QED) is 0.155. The Hall–Kier alpha value is 0.320. The van der Waals surface area contributed by atoms with E-state index >= 15 is 0 Å². The zero-order valence-corrected chi connectivity index (χ0v) is 11.0. The molecule has 0 aliphatic carbocycles. The minimum absolute atomic E-state index is 0. The molecule has 8 heteroatoms. The Morgan fingerprint density at radius 2 is 1.86 bits per heavy atom. The normalized spacial score (nSPS) is 11.2. The Morgan fingerprint density at radius 3 is 1.93 bits per heavy atom. The van der Waals surface area contributed by atoms with Crippen molar-refractivity contribution in [3.63, 3.8) is 0 Å². The SMILES string of the molecule is C=CC(=O)OC([CH2-])C.O=P(O)(O)O.[Na+]. The average molecular weight is 234 g/mol. The third-order valence-corrected chi connectivity index (χ3v) is 0.484. The van der Waals surface area contributed by atoms with Crippen LogP contribution >= 0.6 is 7.82 Å². The molecule has 0 saturated heterocycles. The molecule has 6 nitrogen and oxygen atoms in total. The van der Waals surface area contributed by atoms with Crippen LogP contribution in [-0.4, -0.2) is 26.8 Å². The third-order valence-electron chi connectivity index (χ3n) is 0.484. The zero-order valence-electron chi connectivity index (χ0n) is 8.08. The molecule has 1 unspecified atom stereocenters. The second kappa shape index (κ2) is 9.86. The van der Waals surface area contributed by atoms with Crippen molar-refractivity contribution in [3.05, 3.63) is 19.6 Å². The second-order valence-electron chi connectivity index (χ2n) is 1.96. The molecule has 0 aromatic heterocycles. The molecule has 3 N–H and O–H groups in total. The summed E-state index contributed by atoms with van der Waals surface area (Å²) in [7, 11) is -4.64. The summed E-state index contributed by atoms with van der Waals surface area (Å²) < 4.78 is 13.4. The molecular formula is C6H12NaO6P. The first-order valence-electron chi connectivity index (χ1n) is 3.11. The predicted octanol–water partition coefficient (Wildman–Crippen LogP) is -2.99. The maximum Gasteiger partial charge on any atom is 1.00 e. The maximum absolute atomic E-state index is 10.2. The van der Waals surface area contributed by atoms with Gasteiger partial charge in [0, 0.05) is 6.08 Å². The van der Waals surface area contributed by atoms with Gasteiger partial charge in [0.2, 0.25) is 0 Å². The van der Waals surface area contributed by atoms with Gasteiger partial charge in [-0.2, -0.15) is 0 Å². The molecule has 1 atom stereocenters. The fourth-order valence-corrected chi connectivity index (χ4v) is 0.246. The summed E-state index contributed by atoms with van der Waals surface area (Å²) in [6.07, 6.45) is 0.822. The number of rotatable bonds is 2. The van der Waals surface area contributed by atoms with Crippen LogP contribution in [-0.2, 0) is 14.1 Å². The minimum Gasteiger partial charge on any atom is -0.493 e. The molecule has 0 aromatic carbocycles. The molecule has 0 radical (unpaired) electrons. The van der Waals surface area contributed by atoms with Crippen LogP contribution in [0.5, 0.6) is 0 Å². The van der Waals surface area contributed by atoms with E-state index < -0.39 is 13.8 Å². The van der Waals surface area contributed by atoms with Crippen LogP contribution in [0, 0.1) is 6.92 Å². The topological polar surface area (TPSA) is 104 Å². The van der Waals surface area contributed by atoms with Gasteiger partial charge in [-0.25, -0.2) is 9.36 Å². The van der Waals surface area contributed by atoms with Crippen molar-refractivity contribution in [1.29, 1.82) is 0 Å². The van der Waals surface area contributed by atoms with Crippen molar-refractivity contribution in [2.24, 2.45) is 0 Å². The van der Waals surface area contributed by atoms with Gasteiger partial charge in [0.05, 0.1) is 0 Å². The third kappa shape index (κ3) is 39.5. The van der Waals surface area contributed by atoms with Gasteiger partial charge in [-0.15, -0.1) is 0 Å². The first kappa shape index (κ1) is 19.8. The molecule has 14 heavy (non-hydrogen) atoms. The Bertz CT molecular complexity index is 202. The predicted molar refractivity (Wildman–Crippen MR) is 45.4 cm³/mol. The Balaban J connectivity index is -0.000000177. The first-order chi connectivity index (χ1) is 5.66. The summed E-state index contributed by atoms with van der Waals surface area (Å²) in [6, 6.07) is 0. The fraction of sp³-hybridized carbons (Fsp3) is 0.333. The molecule has 0 spiro atoms. The smallest absolute Gasteiger partial charge is 0.493 e. The van der Waals surface area contributed by atoms with Crippen LogP contribution < -0.4 is 29.6 Å². The standard InChI is InChI=1S/C6H9O2.Na.H3O4P/c1-4-6(7)8-5(2)3;;1-5(2,3)4/h4-5H,1-2H2,3H3;;(H3,1,2,3,4)/q-1;+1;. The van der Waals surface area contributed by atoms with Crippen LogP contribution in [0.1, 0.15) is 6.92 Å². The Labute approximate surface area is 105 Å². The molecule has 0 aliphatic heterocycles. The number of hydrogen-bond acceptors (Lipinski definition) is 3. The van der Waals surface area contributed by atoms with E-state index in [1.54, 1.807) is 6.92 Å². The number of carbonyl (C=O) groups excluding carboxylic acids is 1. The van der Waals surface area contributed by atoms with E-state index in [-0.39, 0.29) is 35.7 Å². The summed E-state index contributed by atoms with van der Waals surface area (Å²) in [5, 5.41) is 0. The van der Waals surface area contributed by atoms with Crippen molar-refractivity contribution in [2.45, 2.75) is 13.0 Å². The summed E-state index contributed by atoms with van der Waals surface area (Å²) in [6.45, 7) is 8.33. The van der Waals surface area contributed by atoms with E-state index in [4.69, 9.17) is 19.2 Å². The summed E-state index contributed by atoms with van der Waals surface area (Å²) in [5.74, 6) is -0.424. The molecule has 0 saturated carbocycles. The van der Waals surface area contributed by atoms with Gasteiger partial charge in [0.25, 0.3) is 0 Å². The van der Waals surface area contributed by atoms with E-state index in [1.165, 1.54) is 0 Å². The van der Waals surface area contributed by atoms with Gasteiger partial charge in [-0.1, -0.05) is 13.5 Å². The number of esters is 1. The molecule has 0 aromatic rings. The van der Waals surface area contributed by atoms with Gasteiger partial charge >= 0.3 is 43.3 Å². The van der Waals surface area contributed by atoms with Crippen LogP contribution in [0.2, 0.25) is 0 Å². The van der Waals surface area contributed by atoms with Gasteiger partial charge in [0.1, 0.15) is 0 Å². The van der Waals surface area contributed by atoms with E-state index in [2.05, 4.69) is 18.2 Å². The van der Waals surface area contributed by atoms with Crippen molar-refractivity contribution < 1.29 is 58.3 Å². The molecule has 78 valence electrons. The summed E-state index contributed by atoms with van der Waals surface area (Å²) >= 11 is 0. The first-order valence-corrected chi connectivity index (χ1v) is 4.67. The zero-order chi connectivity index (χ0) is 11.1. The molecule has 0 aliphatic rings. The van der Waals surface area contributed by atoms with Gasteiger partial charge in [-0.3, -0.25) is 0 Å². The number of carbonyl (C=O) groups is 1. The van der Waals surface area contributed by atoms with Gasteiger partial charge in [0.15, 0.2) is 0 Å². The van der Waals surface area contributed by atoms with Crippen molar-refractivity contribution in [3.8, 4) is 0 Å². The Kier molecular flexibility index (Phi) is 14.0. The molecule has 0 amide bonds. The van der Waals surface area contributed by atoms with E-state index in [0.29, 0.717) is 0 Å². The number of ether oxygens (including phenoxy) is 1. The van der Waals surface area contributed by atoms with Gasteiger partial charge < -0.3 is 26.3 Å². The molecule has 0 heterocycles. The minimum atomic E-state index is -4.64. The number of phosphoric acid groups is 1. The monoisotopic (exact) mass is 234 g/mol. The second-order valence-corrected chi connectivity index (χ2v) is 2.99. The summed E-state index contributed by atoms with van der Waals surface area (Å²) in [5.41, 5.74) is 0. The molecular weight excluding hydrogens is 222 g/mol. The van der Waals surface area contributed by atoms with Gasteiger partial charge in [-0.05, 0) is 6.10 Å². The molecule has 0 fully saturated rings. The van der Waals surface area contributed by atoms with Crippen LogP contribution in [0.15, 0.2) is 12.7 Å². The van der Waals surface area contributed by atoms with Crippen molar-refractivity contribution >= 4 is 13.8 Å². The number of hydrogen-bond donors (Lipinski definition) is 3. The summed E-state index contributed by atoms with van der Waals surface area (Å²) in [4.78, 5) is 31.8. The fourth-order valence-electron chi connectivity index (χ4n) is 0.246. The van der Waals surface area contributed by atoms with Crippen molar-refractivity contribution in [2.75, 3.05) is 0 Å². The van der Waals surface area contributed by atoms with E-state index in [1.807, 2.05) is 0 Å². The van der Waals surface area contributed by atoms with Crippen LogP contribution in [0.3, 0.4) is 0 Å². The molecule has 0 bridgehead atoms. The van der Waals surface area contributed by atoms with E-state index in [9.17, 15) is 4.79 Å². The Morgan fingerprint density at radius 1 is 1.57 bits per heavy atom. The molecule has 0 rings (SSSR count). The maximum atomic E-state index is 10.2. The van der Waals surface area contributed by atoms with E-state index in [0.717, 1.165) is 6.08 Å².